The third-order valence-corrected chi connectivity index (χ3v) is 4.99. The SMILES string of the molecule is COC(=O)C(=C(O)CCCC/C=C/C[C@](C)(O)/C=C/C=C(C)C)[C@H]1CCCC1=O. The molecule has 1 saturated carbocycles. The number of Topliss-reactive ketones (excluding diaryl/α,β-unsaturated/α-hetero) is 1. The Balaban J connectivity index is 2.47. The minimum Gasteiger partial charge on any atom is -0.512 e. The predicted molar refractivity (Wildman–Crippen MR) is 115 cm³/mol. The van der Waals surface area contributed by atoms with Gasteiger partial charge in [-0.2, -0.15) is 0 Å². The Morgan fingerprint density at radius 1 is 1.28 bits per heavy atom. The minimum atomic E-state index is -0.882. The number of carbonyl (C=O) groups excluding carboxylic acids is 2. The average molecular weight is 405 g/mol. The van der Waals surface area contributed by atoms with Crippen LogP contribution in [0.5, 0.6) is 0 Å². The smallest absolute Gasteiger partial charge is 0.337 e. The summed E-state index contributed by atoms with van der Waals surface area (Å²) >= 11 is 0. The highest BCUT2D eigenvalue weighted by Gasteiger charge is 2.34. The van der Waals surface area contributed by atoms with Gasteiger partial charge in [-0.15, -0.1) is 0 Å². The molecule has 2 atom stereocenters. The van der Waals surface area contributed by atoms with E-state index < -0.39 is 17.5 Å². The van der Waals surface area contributed by atoms with Crippen LogP contribution >= 0.6 is 0 Å². The molecule has 0 aromatic rings. The number of hydrogen-bond acceptors (Lipinski definition) is 5. The number of aliphatic hydroxyl groups is 2. The van der Waals surface area contributed by atoms with Crippen molar-refractivity contribution in [3.8, 4) is 0 Å². The van der Waals surface area contributed by atoms with Gasteiger partial charge in [0.15, 0.2) is 0 Å². The standard InChI is InChI=1S/C24H36O5/c1-18(2)12-11-17-24(3,28)16-9-7-5-6-8-14-21(26)22(23(27)29-4)19-13-10-15-20(19)25/h7,9,11-12,17,19,26,28H,5-6,8,10,13-16H2,1-4H3/b9-7+,17-11+,22-21?/t19-,24-/m0/s1. The number of ketones is 1. The second-order valence-electron chi connectivity index (χ2n) is 8.14. The molecule has 0 spiro atoms. The lowest BCUT2D eigenvalue weighted by atomic mass is 9.93. The van der Waals surface area contributed by atoms with E-state index in [4.69, 9.17) is 4.74 Å². The summed E-state index contributed by atoms with van der Waals surface area (Å²) in [6.45, 7) is 5.78. The summed E-state index contributed by atoms with van der Waals surface area (Å²) in [6.07, 6.45) is 14.6. The third kappa shape index (κ3) is 9.27. The molecule has 0 amide bonds. The molecule has 0 aromatic carbocycles. The van der Waals surface area contributed by atoms with Gasteiger partial charge in [0.2, 0.25) is 0 Å². The fraction of sp³-hybridized carbons (Fsp3) is 0.583. The average Bonchev–Trinajstić information content (AvgIpc) is 3.06. The second kappa shape index (κ2) is 12.4. The van der Waals surface area contributed by atoms with Crippen molar-refractivity contribution in [1.29, 1.82) is 0 Å². The van der Waals surface area contributed by atoms with Crippen molar-refractivity contribution >= 4 is 11.8 Å². The Morgan fingerprint density at radius 3 is 2.59 bits per heavy atom. The quantitative estimate of drug-likeness (QED) is 0.125. The second-order valence-corrected chi connectivity index (χ2v) is 8.14. The topological polar surface area (TPSA) is 83.8 Å². The van der Waals surface area contributed by atoms with Crippen molar-refractivity contribution < 1.29 is 24.5 Å². The summed E-state index contributed by atoms with van der Waals surface area (Å²) in [6, 6.07) is 0. The lowest BCUT2D eigenvalue weighted by Crippen LogP contribution is -2.20. The van der Waals surface area contributed by atoms with Crippen molar-refractivity contribution in [3.63, 3.8) is 0 Å². The van der Waals surface area contributed by atoms with E-state index >= 15 is 0 Å². The van der Waals surface area contributed by atoms with Gasteiger partial charge in [-0.3, -0.25) is 4.79 Å². The number of aliphatic hydroxyl groups excluding tert-OH is 1. The van der Waals surface area contributed by atoms with Crippen molar-refractivity contribution in [2.45, 2.75) is 77.7 Å². The third-order valence-electron chi connectivity index (χ3n) is 4.99. The van der Waals surface area contributed by atoms with Crippen molar-refractivity contribution in [2.24, 2.45) is 5.92 Å². The molecule has 0 heterocycles. The number of allylic oxidation sites excluding steroid dienone is 5. The van der Waals surface area contributed by atoms with E-state index in [2.05, 4.69) is 0 Å². The normalized spacial score (nSPS) is 20.0. The van der Waals surface area contributed by atoms with Crippen LogP contribution in [0.25, 0.3) is 0 Å². The van der Waals surface area contributed by atoms with E-state index in [0.29, 0.717) is 32.1 Å². The molecule has 0 saturated heterocycles. The van der Waals surface area contributed by atoms with Crippen LogP contribution in [0.1, 0.15) is 72.1 Å². The van der Waals surface area contributed by atoms with Gasteiger partial charge in [-0.25, -0.2) is 4.79 Å². The zero-order chi connectivity index (χ0) is 21.9. The van der Waals surface area contributed by atoms with Crippen LogP contribution in [0.2, 0.25) is 0 Å². The molecule has 0 bridgehead atoms. The van der Waals surface area contributed by atoms with Gasteiger partial charge >= 0.3 is 5.97 Å². The van der Waals surface area contributed by atoms with E-state index in [1.165, 1.54) is 12.7 Å². The predicted octanol–water partition coefficient (Wildman–Crippen LogP) is 5.12. The lowest BCUT2D eigenvalue weighted by Gasteiger charge is -2.16. The van der Waals surface area contributed by atoms with Crippen molar-refractivity contribution in [1.82, 2.24) is 0 Å². The van der Waals surface area contributed by atoms with Crippen molar-refractivity contribution in [3.05, 3.63) is 47.3 Å². The first-order valence-electron chi connectivity index (χ1n) is 10.4. The van der Waals surface area contributed by atoms with Gasteiger partial charge in [0.1, 0.15) is 11.5 Å². The Labute approximate surface area is 174 Å². The summed E-state index contributed by atoms with van der Waals surface area (Å²) in [5.41, 5.74) is 0.439. The highest BCUT2D eigenvalue weighted by Crippen LogP contribution is 2.31. The Bertz CT molecular complexity index is 675. The molecule has 5 nitrogen and oxygen atoms in total. The molecular weight excluding hydrogens is 368 g/mol. The molecule has 0 radical (unpaired) electrons. The Hall–Kier alpha value is -2.14. The summed E-state index contributed by atoms with van der Waals surface area (Å²) in [7, 11) is 1.27. The van der Waals surface area contributed by atoms with Crippen LogP contribution in [-0.4, -0.2) is 34.7 Å². The summed E-state index contributed by atoms with van der Waals surface area (Å²) in [5.74, 6) is -1.14. The maximum atomic E-state index is 12.0. The van der Waals surface area contributed by atoms with Crippen LogP contribution < -0.4 is 0 Å². The zero-order valence-corrected chi connectivity index (χ0v) is 18.2. The van der Waals surface area contributed by atoms with Crippen LogP contribution in [-0.2, 0) is 14.3 Å². The molecule has 2 N–H and O–H groups in total. The number of methoxy groups -OCH3 is 1. The van der Waals surface area contributed by atoms with Gasteiger partial charge in [0, 0.05) is 12.8 Å². The molecule has 0 aliphatic heterocycles. The van der Waals surface area contributed by atoms with Crippen LogP contribution in [0, 0.1) is 5.92 Å². The molecule has 1 fully saturated rings. The maximum absolute atomic E-state index is 12.0. The molecule has 1 rings (SSSR count). The largest absolute Gasteiger partial charge is 0.512 e. The molecule has 1 aliphatic carbocycles. The fourth-order valence-corrected chi connectivity index (χ4v) is 3.34. The van der Waals surface area contributed by atoms with Gasteiger partial charge < -0.3 is 14.9 Å². The van der Waals surface area contributed by atoms with Gasteiger partial charge in [0.05, 0.1) is 24.2 Å². The van der Waals surface area contributed by atoms with Crippen LogP contribution in [0.4, 0.5) is 0 Å². The fourth-order valence-electron chi connectivity index (χ4n) is 3.34. The van der Waals surface area contributed by atoms with Gasteiger partial charge in [0.25, 0.3) is 0 Å². The number of esters is 1. The molecule has 0 aromatic heterocycles. The van der Waals surface area contributed by atoms with E-state index in [0.717, 1.165) is 19.3 Å². The summed E-state index contributed by atoms with van der Waals surface area (Å²) in [5, 5.41) is 20.7. The highest BCUT2D eigenvalue weighted by molar-refractivity contribution is 5.98. The molecule has 0 unspecified atom stereocenters. The zero-order valence-electron chi connectivity index (χ0n) is 18.2. The maximum Gasteiger partial charge on any atom is 0.337 e. The number of rotatable bonds is 11. The van der Waals surface area contributed by atoms with Crippen LogP contribution in [0.3, 0.4) is 0 Å². The first-order valence-corrected chi connectivity index (χ1v) is 10.4. The Morgan fingerprint density at radius 2 is 2.00 bits per heavy atom. The van der Waals surface area contributed by atoms with E-state index in [1.54, 1.807) is 13.0 Å². The van der Waals surface area contributed by atoms with E-state index in [-0.39, 0.29) is 17.1 Å². The highest BCUT2D eigenvalue weighted by atomic mass is 16.5. The first-order chi connectivity index (χ1) is 13.7. The van der Waals surface area contributed by atoms with E-state index in [1.807, 2.05) is 38.2 Å². The number of ether oxygens (including phenoxy) is 1. The molecular formula is C24H36O5. The molecule has 29 heavy (non-hydrogen) atoms. The lowest BCUT2D eigenvalue weighted by molar-refractivity contribution is -0.138. The molecule has 1 aliphatic rings. The van der Waals surface area contributed by atoms with E-state index in [9.17, 15) is 19.8 Å². The summed E-state index contributed by atoms with van der Waals surface area (Å²) < 4.78 is 4.77. The molecule has 162 valence electrons. The van der Waals surface area contributed by atoms with Crippen LogP contribution in [0.15, 0.2) is 47.3 Å². The Kier molecular flexibility index (Phi) is 10.7. The van der Waals surface area contributed by atoms with Gasteiger partial charge in [-0.1, -0.05) is 36.0 Å². The number of hydrogen-bond donors (Lipinski definition) is 2. The van der Waals surface area contributed by atoms with Crippen molar-refractivity contribution in [2.75, 3.05) is 7.11 Å². The minimum absolute atomic E-state index is 0.00516. The molecule has 5 heteroatoms. The monoisotopic (exact) mass is 404 g/mol. The van der Waals surface area contributed by atoms with Gasteiger partial charge in [-0.05, 0) is 59.3 Å². The number of carbonyl (C=O) groups is 2. The summed E-state index contributed by atoms with van der Waals surface area (Å²) in [4.78, 5) is 24.0. The number of unbranched alkanes of at least 4 members (excludes halogenated alkanes) is 2. The first kappa shape index (κ1) is 24.9.